The number of aromatic nitrogens is 4. The first-order valence-corrected chi connectivity index (χ1v) is 7.15. The van der Waals surface area contributed by atoms with Crippen LogP contribution in [-0.4, -0.2) is 19.9 Å². The molecule has 7 heteroatoms. The minimum atomic E-state index is 0.427. The Morgan fingerprint density at radius 1 is 1.21 bits per heavy atom. The Kier molecular flexibility index (Phi) is 3.16. The predicted octanol–water partition coefficient (Wildman–Crippen LogP) is 3.16. The summed E-state index contributed by atoms with van der Waals surface area (Å²) in [4.78, 5) is 16.1. The molecule has 96 valence electrons. The molecule has 0 atom stereocenters. The van der Waals surface area contributed by atoms with Crippen molar-refractivity contribution in [3.63, 3.8) is 0 Å². The number of aromatic amines is 1. The fourth-order valence-corrected chi connectivity index (χ4v) is 2.99. The third kappa shape index (κ3) is 2.71. The smallest absolute Gasteiger partial charge is 0.198 e. The average Bonchev–Trinajstić information content (AvgIpc) is 2.68. The molecule has 0 amide bonds. The van der Waals surface area contributed by atoms with Crippen LogP contribution in [0.25, 0.3) is 11.0 Å². The summed E-state index contributed by atoms with van der Waals surface area (Å²) in [6, 6.07) is 7.74. The minimum Gasteiger partial charge on any atom is -0.384 e. The van der Waals surface area contributed by atoms with E-state index in [0.29, 0.717) is 15.6 Å². The fourth-order valence-electron chi connectivity index (χ4n) is 1.69. The van der Waals surface area contributed by atoms with Crippen LogP contribution in [0, 0.1) is 6.92 Å². The van der Waals surface area contributed by atoms with Crippen LogP contribution in [0.4, 0.5) is 5.82 Å². The largest absolute Gasteiger partial charge is 0.384 e. The molecule has 0 aliphatic heterocycles. The SMILES string of the molecule is Cc1ccc2nc(Sc3nc(N)cc(Br)n3)[nH]c2c1. The highest BCUT2D eigenvalue weighted by atomic mass is 79.9. The molecule has 0 spiro atoms. The molecule has 0 unspecified atom stereocenters. The van der Waals surface area contributed by atoms with E-state index in [4.69, 9.17) is 5.73 Å². The number of nitrogens with two attached hydrogens (primary N) is 1. The van der Waals surface area contributed by atoms with Gasteiger partial charge in [-0.15, -0.1) is 0 Å². The van der Waals surface area contributed by atoms with Gasteiger partial charge in [0.05, 0.1) is 11.0 Å². The maximum Gasteiger partial charge on any atom is 0.198 e. The molecule has 19 heavy (non-hydrogen) atoms. The second-order valence-electron chi connectivity index (χ2n) is 4.06. The molecule has 0 aliphatic carbocycles. The number of rotatable bonds is 2. The summed E-state index contributed by atoms with van der Waals surface area (Å²) in [5.41, 5.74) is 8.81. The molecule has 2 heterocycles. The number of H-pyrrole nitrogens is 1. The van der Waals surface area contributed by atoms with Crippen LogP contribution in [0.5, 0.6) is 0 Å². The molecular formula is C12H10BrN5S. The van der Waals surface area contributed by atoms with Crippen molar-refractivity contribution in [1.29, 1.82) is 0 Å². The lowest BCUT2D eigenvalue weighted by Gasteiger charge is -1.98. The number of fused-ring (bicyclic) bond motifs is 1. The van der Waals surface area contributed by atoms with Crippen LogP contribution < -0.4 is 5.73 Å². The Hall–Kier alpha value is -1.60. The van der Waals surface area contributed by atoms with Gasteiger partial charge in [0.2, 0.25) is 0 Å². The second-order valence-corrected chi connectivity index (χ2v) is 5.83. The third-order valence-electron chi connectivity index (χ3n) is 2.50. The summed E-state index contributed by atoms with van der Waals surface area (Å²) >= 11 is 4.64. The molecule has 0 bridgehead atoms. The van der Waals surface area contributed by atoms with Crippen molar-refractivity contribution in [3.05, 3.63) is 34.4 Å². The third-order valence-corrected chi connectivity index (χ3v) is 3.66. The van der Waals surface area contributed by atoms with Gasteiger partial charge in [0.1, 0.15) is 10.4 Å². The van der Waals surface area contributed by atoms with E-state index in [1.165, 1.54) is 17.3 Å². The molecule has 3 N–H and O–H groups in total. The van der Waals surface area contributed by atoms with Crippen LogP contribution in [-0.2, 0) is 0 Å². The first kappa shape index (κ1) is 12.4. The standard InChI is InChI=1S/C12H10BrN5S/c1-6-2-3-7-8(4-6)16-11(15-7)19-12-17-9(13)5-10(14)18-12/h2-5H,1H3,(H,15,16)(H2,14,17,18). The van der Waals surface area contributed by atoms with Crippen molar-refractivity contribution in [2.45, 2.75) is 17.2 Å². The normalized spacial score (nSPS) is 11.1. The molecular weight excluding hydrogens is 326 g/mol. The molecule has 0 aliphatic rings. The van der Waals surface area contributed by atoms with Crippen LogP contribution >= 0.6 is 27.7 Å². The van der Waals surface area contributed by atoms with Gasteiger partial charge in [-0.1, -0.05) is 6.07 Å². The molecule has 0 saturated heterocycles. The van der Waals surface area contributed by atoms with Crippen LogP contribution in [0.3, 0.4) is 0 Å². The zero-order valence-corrected chi connectivity index (χ0v) is 12.4. The van der Waals surface area contributed by atoms with E-state index >= 15 is 0 Å². The van der Waals surface area contributed by atoms with Crippen LogP contribution in [0.15, 0.2) is 39.2 Å². The van der Waals surface area contributed by atoms with Gasteiger partial charge < -0.3 is 10.7 Å². The van der Waals surface area contributed by atoms with E-state index in [0.717, 1.165) is 16.2 Å². The highest BCUT2D eigenvalue weighted by Crippen LogP contribution is 2.26. The summed E-state index contributed by atoms with van der Waals surface area (Å²) < 4.78 is 0.662. The zero-order chi connectivity index (χ0) is 13.4. The molecule has 2 aromatic heterocycles. The zero-order valence-electron chi connectivity index (χ0n) is 10.0. The number of nitrogens with one attached hydrogen (secondary N) is 1. The van der Waals surface area contributed by atoms with E-state index < -0.39 is 0 Å². The van der Waals surface area contributed by atoms with Gasteiger partial charge in [0.15, 0.2) is 10.3 Å². The number of imidazole rings is 1. The quantitative estimate of drug-likeness (QED) is 0.555. The number of aryl methyl sites for hydroxylation is 1. The van der Waals surface area contributed by atoms with Crippen molar-refractivity contribution in [2.75, 3.05) is 5.73 Å². The predicted molar refractivity (Wildman–Crippen MR) is 79.1 cm³/mol. The lowest BCUT2D eigenvalue weighted by atomic mass is 10.2. The molecule has 3 aromatic rings. The molecule has 0 radical (unpaired) electrons. The number of hydrogen-bond donors (Lipinski definition) is 2. The van der Waals surface area contributed by atoms with Gasteiger partial charge in [-0.05, 0) is 52.3 Å². The summed E-state index contributed by atoms with van der Waals surface area (Å²) in [6.07, 6.45) is 0. The van der Waals surface area contributed by atoms with Crippen molar-refractivity contribution in [2.24, 2.45) is 0 Å². The van der Waals surface area contributed by atoms with Gasteiger partial charge in [-0.2, -0.15) is 0 Å². The Labute approximate surface area is 122 Å². The lowest BCUT2D eigenvalue weighted by molar-refractivity contribution is 0.945. The highest BCUT2D eigenvalue weighted by molar-refractivity contribution is 9.10. The maximum atomic E-state index is 5.68. The van der Waals surface area contributed by atoms with Gasteiger partial charge in [0.25, 0.3) is 0 Å². The maximum absolute atomic E-state index is 5.68. The first-order valence-electron chi connectivity index (χ1n) is 5.54. The molecule has 5 nitrogen and oxygen atoms in total. The fraction of sp³-hybridized carbons (Fsp3) is 0.0833. The number of hydrogen-bond acceptors (Lipinski definition) is 5. The summed E-state index contributed by atoms with van der Waals surface area (Å²) in [7, 11) is 0. The Balaban J connectivity index is 1.96. The minimum absolute atomic E-state index is 0.427. The highest BCUT2D eigenvalue weighted by Gasteiger charge is 2.08. The summed E-state index contributed by atoms with van der Waals surface area (Å²) in [6.45, 7) is 2.05. The second kappa shape index (κ2) is 4.82. The lowest BCUT2D eigenvalue weighted by Crippen LogP contribution is -1.94. The molecule has 3 rings (SSSR count). The number of nitrogens with zero attached hydrogens (tertiary/aromatic N) is 3. The van der Waals surface area contributed by atoms with E-state index in [-0.39, 0.29) is 0 Å². The van der Waals surface area contributed by atoms with E-state index in [2.05, 4.69) is 41.9 Å². The number of halogens is 1. The molecule has 0 saturated carbocycles. The topological polar surface area (TPSA) is 80.5 Å². The van der Waals surface area contributed by atoms with E-state index in [1.807, 2.05) is 19.1 Å². The van der Waals surface area contributed by atoms with Crippen molar-refractivity contribution >= 4 is 44.5 Å². The summed E-state index contributed by atoms with van der Waals surface area (Å²) in [5.74, 6) is 0.427. The van der Waals surface area contributed by atoms with Crippen molar-refractivity contribution in [3.8, 4) is 0 Å². The Bertz CT molecular complexity index is 735. The monoisotopic (exact) mass is 335 g/mol. The molecule has 0 fully saturated rings. The number of anilines is 1. The Morgan fingerprint density at radius 3 is 2.84 bits per heavy atom. The van der Waals surface area contributed by atoms with E-state index in [1.54, 1.807) is 6.07 Å². The van der Waals surface area contributed by atoms with Gasteiger partial charge in [0, 0.05) is 6.07 Å². The Morgan fingerprint density at radius 2 is 2.05 bits per heavy atom. The molecule has 1 aromatic carbocycles. The van der Waals surface area contributed by atoms with Gasteiger partial charge in [-0.3, -0.25) is 0 Å². The average molecular weight is 336 g/mol. The van der Waals surface area contributed by atoms with Crippen LogP contribution in [0.1, 0.15) is 5.56 Å². The number of benzene rings is 1. The van der Waals surface area contributed by atoms with Crippen LogP contribution in [0.2, 0.25) is 0 Å². The van der Waals surface area contributed by atoms with Gasteiger partial charge in [-0.25, -0.2) is 15.0 Å². The summed E-state index contributed by atoms with van der Waals surface area (Å²) in [5, 5.41) is 1.31. The number of nitrogen functional groups attached to an aromatic ring is 1. The van der Waals surface area contributed by atoms with E-state index in [9.17, 15) is 0 Å². The van der Waals surface area contributed by atoms with Crippen molar-refractivity contribution < 1.29 is 0 Å². The van der Waals surface area contributed by atoms with Gasteiger partial charge >= 0.3 is 0 Å². The first-order chi connectivity index (χ1) is 9.10. The van der Waals surface area contributed by atoms with Crippen molar-refractivity contribution in [1.82, 2.24) is 19.9 Å².